The second-order valence-electron chi connectivity index (χ2n) is 5.19. The summed E-state index contributed by atoms with van der Waals surface area (Å²) in [7, 11) is 6.46. The predicted octanol–water partition coefficient (Wildman–Crippen LogP) is 1.01. The molecule has 1 rings (SSSR count). The molecule has 1 aliphatic rings. The van der Waals surface area contributed by atoms with Gasteiger partial charge in [0.1, 0.15) is 24.4 Å². The summed E-state index contributed by atoms with van der Waals surface area (Å²) in [6, 6.07) is 0. The molecule has 7 nitrogen and oxygen atoms in total. The molecule has 0 radical (unpaired) electrons. The fraction of sp³-hybridized carbons (Fsp3) is 0.875. The highest BCUT2D eigenvalue weighted by molar-refractivity contribution is 4.92. The van der Waals surface area contributed by atoms with Gasteiger partial charge in [0.15, 0.2) is 6.29 Å². The van der Waals surface area contributed by atoms with Crippen LogP contribution in [0.4, 0.5) is 0 Å². The SMILES string of the molecule is C=CCOCCCO[C@H]1O[C@H](COC)[C@@H](OC)[C@H](OC)[C@@H]1OC. The molecule has 1 heterocycles. The van der Waals surface area contributed by atoms with Crippen molar-refractivity contribution in [2.24, 2.45) is 0 Å². The zero-order valence-electron chi connectivity index (χ0n) is 14.6. The van der Waals surface area contributed by atoms with Crippen LogP contribution in [0.1, 0.15) is 6.42 Å². The largest absolute Gasteiger partial charge is 0.382 e. The molecule has 7 heteroatoms. The Morgan fingerprint density at radius 3 is 2.22 bits per heavy atom. The van der Waals surface area contributed by atoms with E-state index in [0.717, 1.165) is 6.42 Å². The average Bonchev–Trinajstić information content (AvgIpc) is 2.57. The predicted molar refractivity (Wildman–Crippen MR) is 84.5 cm³/mol. The molecule has 0 N–H and O–H groups in total. The standard InChI is InChI=1S/C16H30O7/c1-6-8-21-9-7-10-22-16-15(20-5)14(19-4)13(18-3)12(23-16)11-17-2/h6,12-16H,1,7-11H2,2-5H3/t12-,13-,14+,15+,16+/m1/s1. The summed E-state index contributed by atoms with van der Waals surface area (Å²) in [5.74, 6) is 0. The summed E-state index contributed by atoms with van der Waals surface area (Å²) in [4.78, 5) is 0. The molecular formula is C16H30O7. The van der Waals surface area contributed by atoms with Crippen LogP contribution < -0.4 is 0 Å². The van der Waals surface area contributed by atoms with Gasteiger partial charge in [-0.1, -0.05) is 6.08 Å². The molecule has 0 bridgehead atoms. The van der Waals surface area contributed by atoms with Crippen molar-refractivity contribution in [2.75, 3.05) is 54.9 Å². The van der Waals surface area contributed by atoms with Crippen LogP contribution in [-0.2, 0) is 33.2 Å². The Morgan fingerprint density at radius 2 is 1.65 bits per heavy atom. The van der Waals surface area contributed by atoms with Gasteiger partial charge in [0, 0.05) is 35.0 Å². The van der Waals surface area contributed by atoms with Gasteiger partial charge >= 0.3 is 0 Å². The minimum atomic E-state index is -0.545. The van der Waals surface area contributed by atoms with Crippen LogP contribution >= 0.6 is 0 Å². The van der Waals surface area contributed by atoms with Crippen LogP contribution in [0.25, 0.3) is 0 Å². The number of hydrogen-bond donors (Lipinski definition) is 0. The third-order valence-corrected chi connectivity index (χ3v) is 3.69. The maximum absolute atomic E-state index is 5.96. The number of methoxy groups -OCH3 is 4. The van der Waals surface area contributed by atoms with Crippen molar-refractivity contribution in [3.05, 3.63) is 12.7 Å². The maximum Gasteiger partial charge on any atom is 0.186 e. The fourth-order valence-corrected chi connectivity index (χ4v) is 2.64. The Morgan fingerprint density at radius 1 is 0.957 bits per heavy atom. The first kappa shape index (κ1) is 20.5. The highest BCUT2D eigenvalue weighted by Gasteiger charge is 2.47. The van der Waals surface area contributed by atoms with Crippen LogP contribution in [0.2, 0.25) is 0 Å². The normalized spacial score (nSPS) is 31.2. The van der Waals surface area contributed by atoms with E-state index in [2.05, 4.69) is 6.58 Å². The molecule has 0 spiro atoms. The van der Waals surface area contributed by atoms with Gasteiger partial charge < -0.3 is 33.2 Å². The van der Waals surface area contributed by atoms with Crippen LogP contribution in [0.5, 0.6) is 0 Å². The average molecular weight is 334 g/mol. The third kappa shape index (κ3) is 6.11. The Bertz CT molecular complexity index is 313. The van der Waals surface area contributed by atoms with Crippen molar-refractivity contribution in [3.8, 4) is 0 Å². The van der Waals surface area contributed by atoms with Gasteiger partial charge in [-0.25, -0.2) is 0 Å². The van der Waals surface area contributed by atoms with Crippen LogP contribution in [0.15, 0.2) is 12.7 Å². The molecule has 0 unspecified atom stereocenters. The molecule has 5 atom stereocenters. The van der Waals surface area contributed by atoms with E-state index in [1.165, 1.54) is 0 Å². The van der Waals surface area contributed by atoms with Crippen molar-refractivity contribution >= 4 is 0 Å². The smallest absolute Gasteiger partial charge is 0.186 e. The number of ether oxygens (including phenoxy) is 7. The summed E-state index contributed by atoms with van der Waals surface area (Å²) in [6.07, 6.45) is 0.660. The second kappa shape index (κ2) is 11.9. The molecule has 23 heavy (non-hydrogen) atoms. The first-order chi connectivity index (χ1) is 11.2. The Kier molecular flexibility index (Phi) is 10.6. The van der Waals surface area contributed by atoms with E-state index >= 15 is 0 Å². The molecule has 0 aliphatic carbocycles. The molecule has 0 aromatic rings. The molecular weight excluding hydrogens is 304 g/mol. The minimum Gasteiger partial charge on any atom is -0.382 e. The summed E-state index contributed by atoms with van der Waals surface area (Å²) in [6.45, 7) is 5.63. The van der Waals surface area contributed by atoms with Gasteiger partial charge in [-0.05, 0) is 6.42 Å². The zero-order chi connectivity index (χ0) is 17.1. The third-order valence-electron chi connectivity index (χ3n) is 3.69. The molecule has 1 aliphatic heterocycles. The fourth-order valence-electron chi connectivity index (χ4n) is 2.64. The van der Waals surface area contributed by atoms with Crippen LogP contribution in [0, 0.1) is 0 Å². The molecule has 0 saturated carbocycles. The van der Waals surface area contributed by atoms with Gasteiger partial charge in [0.2, 0.25) is 0 Å². The lowest BCUT2D eigenvalue weighted by Gasteiger charge is -2.44. The highest BCUT2D eigenvalue weighted by atomic mass is 16.7. The Hall–Kier alpha value is -0.540. The van der Waals surface area contributed by atoms with Gasteiger partial charge in [-0.2, -0.15) is 0 Å². The lowest BCUT2D eigenvalue weighted by Crippen LogP contribution is -2.61. The Balaban J connectivity index is 2.58. The lowest BCUT2D eigenvalue weighted by atomic mass is 9.98. The summed E-state index contributed by atoms with van der Waals surface area (Å²) in [5, 5.41) is 0. The topological polar surface area (TPSA) is 64.6 Å². The van der Waals surface area contributed by atoms with Crippen molar-refractivity contribution in [3.63, 3.8) is 0 Å². The summed E-state index contributed by atoms with van der Waals surface area (Å²) in [5.41, 5.74) is 0. The van der Waals surface area contributed by atoms with Crippen LogP contribution in [-0.4, -0.2) is 85.6 Å². The van der Waals surface area contributed by atoms with Gasteiger partial charge in [0.25, 0.3) is 0 Å². The van der Waals surface area contributed by atoms with Crippen molar-refractivity contribution in [1.82, 2.24) is 0 Å². The molecule has 1 saturated heterocycles. The van der Waals surface area contributed by atoms with E-state index in [1.54, 1.807) is 34.5 Å². The first-order valence-corrected chi connectivity index (χ1v) is 7.76. The van der Waals surface area contributed by atoms with Crippen LogP contribution in [0.3, 0.4) is 0 Å². The van der Waals surface area contributed by atoms with Crippen molar-refractivity contribution in [2.45, 2.75) is 37.1 Å². The number of hydrogen-bond acceptors (Lipinski definition) is 7. The summed E-state index contributed by atoms with van der Waals surface area (Å²) >= 11 is 0. The lowest BCUT2D eigenvalue weighted by molar-refractivity contribution is -0.313. The van der Waals surface area contributed by atoms with Gasteiger partial charge in [0.05, 0.1) is 19.8 Å². The molecule has 136 valence electrons. The highest BCUT2D eigenvalue weighted by Crippen LogP contribution is 2.28. The maximum atomic E-state index is 5.96. The molecule has 0 amide bonds. The van der Waals surface area contributed by atoms with Gasteiger partial charge in [-0.3, -0.25) is 0 Å². The van der Waals surface area contributed by atoms with E-state index in [9.17, 15) is 0 Å². The minimum absolute atomic E-state index is 0.289. The van der Waals surface area contributed by atoms with E-state index in [1.807, 2.05) is 0 Å². The van der Waals surface area contributed by atoms with Gasteiger partial charge in [-0.15, -0.1) is 6.58 Å². The van der Waals surface area contributed by atoms with E-state index in [-0.39, 0.29) is 24.4 Å². The molecule has 0 aromatic heterocycles. The summed E-state index contributed by atoms with van der Waals surface area (Å²) < 4.78 is 38.9. The first-order valence-electron chi connectivity index (χ1n) is 7.76. The van der Waals surface area contributed by atoms with E-state index in [4.69, 9.17) is 33.2 Å². The Labute approximate surface area is 138 Å². The van der Waals surface area contributed by atoms with Crippen molar-refractivity contribution < 1.29 is 33.2 Å². The monoisotopic (exact) mass is 334 g/mol. The van der Waals surface area contributed by atoms with E-state index in [0.29, 0.717) is 26.4 Å². The van der Waals surface area contributed by atoms with Crippen molar-refractivity contribution in [1.29, 1.82) is 0 Å². The zero-order valence-corrected chi connectivity index (χ0v) is 14.6. The van der Waals surface area contributed by atoms with E-state index < -0.39 is 6.29 Å². The second-order valence-corrected chi connectivity index (χ2v) is 5.19. The number of rotatable bonds is 12. The quantitative estimate of drug-likeness (QED) is 0.390. The molecule has 1 fully saturated rings. The molecule has 0 aromatic carbocycles.